The van der Waals surface area contributed by atoms with Crippen molar-refractivity contribution in [1.29, 1.82) is 0 Å². The van der Waals surface area contributed by atoms with E-state index >= 15 is 0 Å². The zero-order valence-corrected chi connectivity index (χ0v) is 11.0. The molecule has 0 N–H and O–H groups in total. The summed E-state index contributed by atoms with van der Waals surface area (Å²) >= 11 is 0. The summed E-state index contributed by atoms with van der Waals surface area (Å²) < 4.78 is 2.24. The van der Waals surface area contributed by atoms with Crippen molar-refractivity contribution in [3.05, 3.63) is 18.2 Å². The van der Waals surface area contributed by atoms with Gasteiger partial charge in [-0.1, -0.05) is 6.42 Å². The van der Waals surface area contributed by atoms with Crippen molar-refractivity contribution in [3.63, 3.8) is 0 Å². The summed E-state index contributed by atoms with van der Waals surface area (Å²) in [6, 6.07) is 0. The van der Waals surface area contributed by atoms with Gasteiger partial charge in [-0.25, -0.2) is 4.98 Å². The van der Waals surface area contributed by atoms with Gasteiger partial charge in [0, 0.05) is 25.5 Å². The highest BCUT2D eigenvalue weighted by Crippen LogP contribution is 2.65. The third-order valence-corrected chi connectivity index (χ3v) is 4.79. The smallest absolute Gasteiger partial charge is 0.122 e. The molecule has 0 unspecified atom stereocenters. The van der Waals surface area contributed by atoms with Crippen LogP contribution in [-0.4, -0.2) is 28.0 Å². The lowest BCUT2D eigenvalue weighted by molar-refractivity contribution is 0.216. The molecule has 0 aliphatic heterocycles. The predicted molar refractivity (Wildman–Crippen MR) is 68.6 cm³/mol. The summed E-state index contributed by atoms with van der Waals surface area (Å²) in [5, 5.41) is 0. The minimum absolute atomic E-state index is 0.800. The van der Waals surface area contributed by atoms with E-state index in [0.29, 0.717) is 0 Å². The van der Waals surface area contributed by atoms with Crippen molar-refractivity contribution in [1.82, 2.24) is 14.5 Å². The molecule has 0 aromatic carbocycles. The normalized spacial score (nSPS) is 25.2. The summed E-state index contributed by atoms with van der Waals surface area (Å²) in [7, 11) is 2.24. The lowest BCUT2D eigenvalue weighted by Crippen LogP contribution is -2.26. The number of imidazole rings is 1. The zero-order valence-electron chi connectivity index (χ0n) is 11.0. The number of aryl methyl sites for hydroxylation is 1. The Morgan fingerprint density at radius 1 is 1.53 bits per heavy atom. The van der Waals surface area contributed by atoms with E-state index in [2.05, 4.69) is 34.6 Å². The minimum Gasteiger partial charge on any atom is -0.334 e. The fourth-order valence-electron chi connectivity index (χ4n) is 3.40. The molecule has 2 aliphatic carbocycles. The quantitative estimate of drug-likeness (QED) is 0.779. The Morgan fingerprint density at radius 2 is 2.35 bits per heavy atom. The minimum atomic E-state index is 0.800. The lowest BCUT2D eigenvalue weighted by atomic mass is 9.80. The van der Waals surface area contributed by atoms with Gasteiger partial charge in [0.1, 0.15) is 5.82 Å². The Morgan fingerprint density at radius 3 is 2.94 bits per heavy atom. The maximum atomic E-state index is 4.45. The van der Waals surface area contributed by atoms with Crippen LogP contribution >= 0.6 is 0 Å². The SMILES string of the molecule is CCn1ccnc1CN(C)C[C@H]1CC12CCC2. The van der Waals surface area contributed by atoms with E-state index in [1.165, 1.54) is 38.1 Å². The average molecular weight is 233 g/mol. The van der Waals surface area contributed by atoms with E-state index in [1.54, 1.807) is 0 Å². The van der Waals surface area contributed by atoms with Gasteiger partial charge in [-0.2, -0.15) is 0 Å². The van der Waals surface area contributed by atoms with Crippen LogP contribution in [0.15, 0.2) is 12.4 Å². The molecule has 2 aliphatic rings. The van der Waals surface area contributed by atoms with Crippen molar-refractivity contribution in [3.8, 4) is 0 Å². The second kappa shape index (κ2) is 4.13. The number of hydrogen-bond acceptors (Lipinski definition) is 2. The monoisotopic (exact) mass is 233 g/mol. The molecule has 0 bridgehead atoms. The maximum Gasteiger partial charge on any atom is 0.122 e. The fourth-order valence-corrected chi connectivity index (χ4v) is 3.40. The van der Waals surface area contributed by atoms with E-state index in [1.807, 2.05) is 6.20 Å². The van der Waals surface area contributed by atoms with Gasteiger partial charge in [0.25, 0.3) is 0 Å². The maximum absolute atomic E-state index is 4.45. The molecule has 1 spiro atoms. The van der Waals surface area contributed by atoms with Crippen LogP contribution < -0.4 is 0 Å². The first kappa shape index (κ1) is 11.3. The van der Waals surface area contributed by atoms with E-state index < -0.39 is 0 Å². The summed E-state index contributed by atoms with van der Waals surface area (Å²) in [4.78, 5) is 6.90. The first-order valence-corrected chi connectivity index (χ1v) is 6.92. The van der Waals surface area contributed by atoms with Crippen molar-refractivity contribution < 1.29 is 0 Å². The predicted octanol–water partition coefficient (Wildman–Crippen LogP) is 2.53. The van der Waals surface area contributed by atoms with Crippen LogP contribution in [0.5, 0.6) is 0 Å². The second-order valence-electron chi connectivity index (χ2n) is 5.94. The van der Waals surface area contributed by atoms with Crippen molar-refractivity contribution >= 4 is 0 Å². The van der Waals surface area contributed by atoms with Crippen LogP contribution in [-0.2, 0) is 13.1 Å². The molecule has 1 aromatic rings. The number of rotatable bonds is 5. The van der Waals surface area contributed by atoms with Gasteiger partial charge in [-0.15, -0.1) is 0 Å². The summed E-state index contributed by atoms with van der Waals surface area (Å²) in [6.45, 7) is 5.45. The molecule has 2 fully saturated rings. The Hall–Kier alpha value is -0.830. The molecule has 0 radical (unpaired) electrons. The Balaban J connectivity index is 1.52. The molecular weight excluding hydrogens is 210 g/mol. The second-order valence-corrected chi connectivity index (χ2v) is 5.94. The van der Waals surface area contributed by atoms with Crippen LogP contribution in [0.2, 0.25) is 0 Å². The van der Waals surface area contributed by atoms with E-state index in [9.17, 15) is 0 Å². The van der Waals surface area contributed by atoms with E-state index in [-0.39, 0.29) is 0 Å². The standard InChI is InChI=1S/C14H23N3/c1-3-17-8-7-15-13(17)11-16(2)10-12-9-14(12)5-4-6-14/h7-8,12H,3-6,9-11H2,1-2H3/t12-/m1/s1. The van der Waals surface area contributed by atoms with Gasteiger partial charge in [-0.3, -0.25) is 4.90 Å². The highest BCUT2D eigenvalue weighted by molar-refractivity contribution is 5.08. The molecule has 3 heteroatoms. The lowest BCUT2D eigenvalue weighted by Gasteiger charge is -2.28. The highest BCUT2D eigenvalue weighted by atomic mass is 15.2. The van der Waals surface area contributed by atoms with Crippen LogP contribution in [0.1, 0.15) is 38.4 Å². The van der Waals surface area contributed by atoms with Gasteiger partial charge >= 0.3 is 0 Å². The highest BCUT2D eigenvalue weighted by Gasteiger charge is 2.57. The first-order chi connectivity index (χ1) is 8.23. The molecular formula is C14H23N3. The first-order valence-electron chi connectivity index (χ1n) is 6.92. The van der Waals surface area contributed by atoms with Crippen molar-refractivity contribution in [2.24, 2.45) is 11.3 Å². The third kappa shape index (κ3) is 2.01. The Labute approximate surface area is 104 Å². The summed E-state index contributed by atoms with van der Waals surface area (Å²) in [5.74, 6) is 2.18. The molecule has 2 saturated carbocycles. The van der Waals surface area contributed by atoms with Crippen LogP contribution in [0.3, 0.4) is 0 Å². The van der Waals surface area contributed by atoms with Gasteiger partial charge < -0.3 is 4.57 Å². The molecule has 94 valence electrons. The Bertz CT molecular complexity index is 392. The van der Waals surface area contributed by atoms with Gasteiger partial charge in [0.15, 0.2) is 0 Å². The van der Waals surface area contributed by atoms with Crippen molar-refractivity contribution in [2.75, 3.05) is 13.6 Å². The van der Waals surface area contributed by atoms with Crippen molar-refractivity contribution in [2.45, 2.75) is 45.7 Å². The van der Waals surface area contributed by atoms with E-state index in [0.717, 1.165) is 24.4 Å². The summed E-state index contributed by atoms with van der Waals surface area (Å²) in [6.07, 6.45) is 9.94. The average Bonchev–Trinajstić information content (AvgIpc) is 2.81. The third-order valence-electron chi connectivity index (χ3n) is 4.79. The molecule has 1 atom stereocenters. The zero-order chi connectivity index (χ0) is 11.9. The van der Waals surface area contributed by atoms with Gasteiger partial charge in [0.2, 0.25) is 0 Å². The Kier molecular flexibility index (Phi) is 2.74. The fraction of sp³-hybridized carbons (Fsp3) is 0.786. The number of hydrogen-bond donors (Lipinski definition) is 0. The molecule has 0 amide bonds. The van der Waals surface area contributed by atoms with Crippen LogP contribution in [0.25, 0.3) is 0 Å². The van der Waals surface area contributed by atoms with Crippen LogP contribution in [0, 0.1) is 11.3 Å². The van der Waals surface area contributed by atoms with E-state index in [4.69, 9.17) is 0 Å². The van der Waals surface area contributed by atoms with Gasteiger partial charge in [-0.05, 0) is 44.6 Å². The number of aromatic nitrogens is 2. The molecule has 1 aromatic heterocycles. The molecule has 0 saturated heterocycles. The molecule has 3 rings (SSSR count). The summed E-state index contributed by atoms with van der Waals surface area (Å²) in [5.41, 5.74) is 0.800. The molecule has 17 heavy (non-hydrogen) atoms. The largest absolute Gasteiger partial charge is 0.334 e. The van der Waals surface area contributed by atoms with Crippen LogP contribution in [0.4, 0.5) is 0 Å². The molecule has 3 nitrogen and oxygen atoms in total. The topological polar surface area (TPSA) is 21.1 Å². The molecule has 1 heterocycles. The van der Waals surface area contributed by atoms with Gasteiger partial charge in [0.05, 0.1) is 6.54 Å². The number of nitrogens with zero attached hydrogens (tertiary/aromatic N) is 3.